The van der Waals surface area contributed by atoms with Crippen LogP contribution in [0.3, 0.4) is 0 Å². The summed E-state index contributed by atoms with van der Waals surface area (Å²) in [6, 6.07) is 9.24. The van der Waals surface area contributed by atoms with Crippen molar-refractivity contribution >= 4 is 27.5 Å². The summed E-state index contributed by atoms with van der Waals surface area (Å²) in [6.45, 7) is 9.71. The minimum Gasteiger partial charge on any atom is -0.756 e. The SMILES string of the molecule is CC.CC.CCC(=O)NCCOP(=O)([O-])OC.COP(=O)([O-])OCCNC(=O)Cc1ccccc1. The fraction of sp³-hybridized carbons (Fsp3) is 0.619. The lowest BCUT2D eigenvalue weighted by molar-refractivity contribution is -0.224. The predicted molar refractivity (Wildman–Crippen MR) is 130 cm³/mol. The summed E-state index contributed by atoms with van der Waals surface area (Å²) < 4.78 is 38.3. The van der Waals surface area contributed by atoms with E-state index in [2.05, 4.69) is 28.7 Å². The van der Waals surface area contributed by atoms with Crippen molar-refractivity contribution in [1.82, 2.24) is 10.6 Å². The Balaban J connectivity index is -0.000000533. The monoisotopic (exact) mass is 542 g/mol. The van der Waals surface area contributed by atoms with Crippen LogP contribution in [0.1, 0.15) is 46.6 Å². The van der Waals surface area contributed by atoms with Gasteiger partial charge in [0.1, 0.15) is 0 Å². The lowest BCUT2D eigenvalue weighted by atomic mass is 10.1. The van der Waals surface area contributed by atoms with Gasteiger partial charge in [0.25, 0.3) is 15.6 Å². The van der Waals surface area contributed by atoms with Crippen molar-refractivity contribution in [2.75, 3.05) is 40.5 Å². The van der Waals surface area contributed by atoms with Crippen LogP contribution in [0.2, 0.25) is 0 Å². The number of hydrogen-bond donors (Lipinski definition) is 2. The zero-order valence-electron chi connectivity index (χ0n) is 21.6. The Bertz CT molecular complexity index is 751. The lowest BCUT2D eigenvalue weighted by Gasteiger charge is -2.20. The van der Waals surface area contributed by atoms with Crippen LogP contribution in [0, 0.1) is 0 Å². The van der Waals surface area contributed by atoms with E-state index in [1.54, 1.807) is 6.92 Å². The first kappa shape index (κ1) is 37.9. The van der Waals surface area contributed by atoms with E-state index in [4.69, 9.17) is 0 Å². The van der Waals surface area contributed by atoms with E-state index in [-0.39, 0.29) is 44.5 Å². The van der Waals surface area contributed by atoms with Crippen LogP contribution in [-0.2, 0) is 43.2 Å². The summed E-state index contributed by atoms with van der Waals surface area (Å²) >= 11 is 0. The van der Waals surface area contributed by atoms with Gasteiger partial charge in [-0.15, -0.1) is 0 Å². The van der Waals surface area contributed by atoms with Gasteiger partial charge in [0.2, 0.25) is 11.8 Å². The van der Waals surface area contributed by atoms with E-state index in [0.29, 0.717) is 6.42 Å². The number of carbonyl (C=O) groups is 2. The second kappa shape index (κ2) is 24.1. The van der Waals surface area contributed by atoms with Crippen LogP contribution in [0.5, 0.6) is 0 Å². The molecule has 0 aliphatic carbocycles. The van der Waals surface area contributed by atoms with Gasteiger partial charge in [-0.2, -0.15) is 0 Å². The van der Waals surface area contributed by atoms with E-state index in [1.165, 1.54) is 0 Å². The van der Waals surface area contributed by atoms with Gasteiger partial charge in [0.15, 0.2) is 0 Å². The largest absolute Gasteiger partial charge is 0.756 e. The molecule has 0 aliphatic heterocycles. The zero-order chi connectivity index (χ0) is 27.8. The number of nitrogens with one attached hydrogen (secondary N) is 2. The standard InChI is InChI=1S/C11H16NO5P.C6H14NO5P.2C2H6/c1-16-18(14,15)17-8-7-12-11(13)9-10-5-3-2-4-6-10;1-3-6(8)7-4-5-12-13(9,10)11-2;2*1-2/h2-6H,7-9H2,1H3,(H,12,13)(H,14,15);3-5H2,1-2H3,(H,7,8)(H,9,10);2*1-2H3/p-2. The molecule has 0 heterocycles. The van der Waals surface area contributed by atoms with Gasteiger partial charge in [-0.25, -0.2) is 0 Å². The molecule has 206 valence electrons. The Kier molecular flexibility index (Phi) is 26.1. The highest BCUT2D eigenvalue weighted by atomic mass is 31.2. The molecule has 14 heteroatoms. The molecule has 1 aromatic rings. The Morgan fingerprint density at radius 3 is 1.57 bits per heavy atom. The first-order valence-corrected chi connectivity index (χ1v) is 14.1. The molecule has 2 N–H and O–H groups in total. The van der Waals surface area contributed by atoms with Gasteiger partial charge in [-0.1, -0.05) is 65.0 Å². The van der Waals surface area contributed by atoms with Crippen molar-refractivity contribution in [3.05, 3.63) is 35.9 Å². The number of benzene rings is 1. The maximum absolute atomic E-state index is 11.5. The van der Waals surface area contributed by atoms with Gasteiger partial charge in [0, 0.05) is 33.7 Å². The minimum atomic E-state index is -4.20. The highest BCUT2D eigenvalue weighted by Crippen LogP contribution is 2.36. The second-order valence-corrected chi connectivity index (χ2v) is 8.68. The average Bonchev–Trinajstić information content (AvgIpc) is 2.88. The second-order valence-electron chi connectivity index (χ2n) is 5.64. The molecule has 2 amide bonds. The van der Waals surface area contributed by atoms with Gasteiger partial charge in [-0.05, 0) is 5.56 Å². The third kappa shape index (κ3) is 25.3. The molecular formula is C21H40N2O10P2-2. The summed E-state index contributed by atoms with van der Waals surface area (Å²) in [4.78, 5) is 43.5. The fourth-order valence-corrected chi connectivity index (χ4v) is 2.61. The molecule has 0 spiro atoms. The maximum Gasteiger partial charge on any atom is 0.267 e. The molecule has 1 rings (SSSR count). The zero-order valence-corrected chi connectivity index (χ0v) is 23.4. The number of amides is 2. The summed E-state index contributed by atoms with van der Waals surface area (Å²) in [5.74, 6) is -0.343. The van der Waals surface area contributed by atoms with Crippen LogP contribution < -0.4 is 20.4 Å². The van der Waals surface area contributed by atoms with Crippen LogP contribution >= 0.6 is 15.6 Å². The molecule has 12 nitrogen and oxygen atoms in total. The molecule has 2 atom stereocenters. The molecule has 0 saturated carbocycles. The number of phosphoric ester groups is 2. The molecule has 1 aromatic carbocycles. The lowest BCUT2D eigenvalue weighted by Crippen LogP contribution is -2.28. The van der Waals surface area contributed by atoms with Crippen molar-refractivity contribution in [2.24, 2.45) is 0 Å². The summed E-state index contributed by atoms with van der Waals surface area (Å²) in [7, 11) is -6.32. The van der Waals surface area contributed by atoms with E-state index in [1.807, 2.05) is 58.0 Å². The average molecular weight is 543 g/mol. The molecule has 0 aromatic heterocycles. The highest BCUT2D eigenvalue weighted by Gasteiger charge is 2.07. The van der Waals surface area contributed by atoms with Gasteiger partial charge in [-0.3, -0.25) is 18.7 Å². The molecule has 35 heavy (non-hydrogen) atoms. The predicted octanol–water partition coefficient (Wildman–Crippen LogP) is 2.17. The topological polar surface area (TPSA) is 175 Å². The van der Waals surface area contributed by atoms with E-state index in [9.17, 15) is 28.5 Å². The highest BCUT2D eigenvalue weighted by molar-refractivity contribution is 7.46. The normalized spacial score (nSPS) is 13.1. The van der Waals surface area contributed by atoms with Gasteiger partial charge < -0.3 is 38.5 Å². The summed E-state index contributed by atoms with van der Waals surface area (Å²) in [5, 5.41) is 5.00. The molecule has 0 bridgehead atoms. The van der Waals surface area contributed by atoms with E-state index < -0.39 is 15.6 Å². The molecule has 0 aliphatic rings. The Labute approximate surface area is 208 Å². The number of carbonyl (C=O) groups excluding carboxylic acids is 2. The third-order valence-corrected chi connectivity index (χ3v) is 5.22. The van der Waals surface area contributed by atoms with Crippen molar-refractivity contribution in [3.8, 4) is 0 Å². The van der Waals surface area contributed by atoms with E-state index in [0.717, 1.165) is 19.8 Å². The molecule has 0 radical (unpaired) electrons. The Hall–Kier alpha value is -1.62. The van der Waals surface area contributed by atoms with Crippen molar-refractivity contribution in [1.29, 1.82) is 0 Å². The molecule has 0 fully saturated rings. The van der Waals surface area contributed by atoms with Crippen molar-refractivity contribution < 1.29 is 46.6 Å². The third-order valence-electron chi connectivity index (χ3n) is 3.32. The van der Waals surface area contributed by atoms with Crippen LogP contribution in [0.4, 0.5) is 0 Å². The van der Waals surface area contributed by atoms with Crippen LogP contribution in [0.25, 0.3) is 0 Å². The Morgan fingerprint density at radius 1 is 0.800 bits per heavy atom. The fourth-order valence-electron chi connectivity index (χ4n) is 1.77. The molecular weight excluding hydrogens is 502 g/mol. The molecule has 0 saturated heterocycles. The first-order valence-electron chi connectivity index (χ1n) is 11.1. The van der Waals surface area contributed by atoms with E-state index >= 15 is 0 Å². The number of hydrogen-bond acceptors (Lipinski definition) is 10. The smallest absolute Gasteiger partial charge is 0.267 e. The summed E-state index contributed by atoms with van der Waals surface area (Å²) in [5.41, 5.74) is 0.891. The van der Waals surface area contributed by atoms with Crippen molar-refractivity contribution in [2.45, 2.75) is 47.5 Å². The summed E-state index contributed by atoms with van der Waals surface area (Å²) in [6.07, 6.45) is 0.611. The number of phosphoric acid groups is 2. The van der Waals surface area contributed by atoms with Gasteiger partial charge >= 0.3 is 0 Å². The quantitative estimate of drug-likeness (QED) is 0.277. The van der Waals surface area contributed by atoms with Crippen LogP contribution in [0.15, 0.2) is 30.3 Å². The molecule has 2 unspecified atom stereocenters. The number of rotatable bonds is 13. The first-order chi connectivity index (χ1) is 16.5. The van der Waals surface area contributed by atoms with Crippen molar-refractivity contribution in [3.63, 3.8) is 0 Å². The Morgan fingerprint density at radius 2 is 1.20 bits per heavy atom. The van der Waals surface area contributed by atoms with Gasteiger partial charge in [0.05, 0.1) is 19.6 Å². The minimum absolute atomic E-state index is 0.111. The van der Waals surface area contributed by atoms with Crippen LogP contribution in [-0.4, -0.2) is 52.3 Å². The maximum atomic E-state index is 11.5.